The van der Waals surface area contributed by atoms with Crippen LogP contribution in [-0.4, -0.2) is 16.9 Å². The van der Waals surface area contributed by atoms with E-state index in [1.807, 2.05) is 6.07 Å². The third-order valence-electron chi connectivity index (χ3n) is 2.94. The maximum absolute atomic E-state index is 11.8. The molecule has 2 amide bonds. The van der Waals surface area contributed by atoms with E-state index in [1.54, 1.807) is 6.92 Å². The first-order valence-corrected chi connectivity index (χ1v) is 6.41. The number of phenolic OH excluding ortho intramolecular Hbond substituents is 1. The van der Waals surface area contributed by atoms with Crippen molar-refractivity contribution in [2.75, 3.05) is 10.6 Å². The monoisotopic (exact) mass is 295 g/mol. The molecule has 2 aromatic carbocycles. The number of hydrogen-bond donors (Lipinski definition) is 3. The number of carbonyl (C=O) groups excluding carboxylic acids is 2. The third kappa shape index (κ3) is 3.61. The van der Waals surface area contributed by atoms with Gasteiger partial charge in [0.25, 0.3) is 0 Å². The lowest BCUT2D eigenvalue weighted by Crippen LogP contribution is -2.29. The summed E-state index contributed by atoms with van der Waals surface area (Å²) in [6.07, 6.45) is 0. The van der Waals surface area contributed by atoms with Gasteiger partial charge in [0.15, 0.2) is 0 Å². The minimum Gasteiger partial charge on any atom is -0.508 e. The molecule has 0 fully saturated rings. The molecule has 2 rings (SSSR count). The topological polar surface area (TPSA) is 102 Å². The summed E-state index contributed by atoms with van der Waals surface area (Å²) >= 11 is 0. The molecule has 110 valence electrons. The fourth-order valence-electron chi connectivity index (χ4n) is 1.78. The molecular weight excluding hydrogens is 282 g/mol. The average molecular weight is 295 g/mol. The van der Waals surface area contributed by atoms with Gasteiger partial charge in [-0.15, -0.1) is 0 Å². The van der Waals surface area contributed by atoms with Gasteiger partial charge in [0, 0.05) is 11.4 Å². The van der Waals surface area contributed by atoms with E-state index in [0.717, 1.165) is 0 Å². The van der Waals surface area contributed by atoms with Crippen LogP contribution in [0, 0.1) is 18.3 Å². The SMILES string of the molecule is Cc1cc(O)ccc1NC(=O)C(=O)Nc1ccc(C#N)cc1. The van der Waals surface area contributed by atoms with Gasteiger partial charge in [-0.05, 0) is 55.0 Å². The predicted molar refractivity (Wildman–Crippen MR) is 81.3 cm³/mol. The predicted octanol–water partition coefficient (Wildman–Crippen LogP) is 2.15. The van der Waals surface area contributed by atoms with Gasteiger partial charge >= 0.3 is 11.8 Å². The first-order chi connectivity index (χ1) is 10.5. The zero-order valence-electron chi connectivity index (χ0n) is 11.8. The Kier molecular flexibility index (Phi) is 4.39. The number of amides is 2. The van der Waals surface area contributed by atoms with Crippen molar-refractivity contribution in [2.45, 2.75) is 6.92 Å². The first kappa shape index (κ1) is 15.1. The largest absolute Gasteiger partial charge is 0.508 e. The maximum Gasteiger partial charge on any atom is 0.314 e. The highest BCUT2D eigenvalue weighted by Crippen LogP contribution is 2.20. The van der Waals surface area contributed by atoms with E-state index < -0.39 is 11.8 Å². The van der Waals surface area contributed by atoms with Crippen LogP contribution in [0.15, 0.2) is 42.5 Å². The molecule has 0 spiro atoms. The van der Waals surface area contributed by atoms with Crippen molar-refractivity contribution in [2.24, 2.45) is 0 Å². The van der Waals surface area contributed by atoms with Crippen molar-refractivity contribution in [3.63, 3.8) is 0 Å². The second-order valence-corrected chi connectivity index (χ2v) is 4.60. The van der Waals surface area contributed by atoms with Crippen LogP contribution in [0.1, 0.15) is 11.1 Å². The highest BCUT2D eigenvalue weighted by molar-refractivity contribution is 6.43. The Bertz CT molecular complexity index is 761. The standard InChI is InChI=1S/C16H13N3O3/c1-10-8-13(20)6-7-14(10)19-16(22)15(21)18-12-4-2-11(9-17)3-5-12/h2-8,20H,1H3,(H,18,21)(H,19,22). The molecule has 6 heteroatoms. The number of hydrogen-bond acceptors (Lipinski definition) is 4. The molecule has 0 saturated carbocycles. The van der Waals surface area contributed by atoms with Gasteiger partial charge in [-0.25, -0.2) is 0 Å². The van der Waals surface area contributed by atoms with Crippen LogP contribution in [-0.2, 0) is 9.59 Å². The molecule has 0 aliphatic rings. The molecule has 22 heavy (non-hydrogen) atoms. The van der Waals surface area contributed by atoms with E-state index in [0.29, 0.717) is 22.5 Å². The minimum absolute atomic E-state index is 0.0810. The molecule has 2 aromatic rings. The quantitative estimate of drug-likeness (QED) is 0.583. The molecule has 3 N–H and O–H groups in total. The number of rotatable bonds is 2. The molecule has 6 nitrogen and oxygen atoms in total. The molecule has 0 aliphatic carbocycles. The van der Waals surface area contributed by atoms with Gasteiger partial charge in [0.05, 0.1) is 11.6 Å². The molecule has 0 aliphatic heterocycles. The number of nitriles is 1. The summed E-state index contributed by atoms with van der Waals surface area (Å²) in [7, 11) is 0. The zero-order chi connectivity index (χ0) is 16.1. The first-order valence-electron chi connectivity index (χ1n) is 6.41. The van der Waals surface area contributed by atoms with Crippen molar-refractivity contribution in [1.29, 1.82) is 5.26 Å². The Labute approximate surface area is 127 Å². The summed E-state index contributed by atoms with van der Waals surface area (Å²) in [5, 5.41) is 22.9. The number of anilines is 2. The van der Waals surface area contributed by atoms with Gasteiger partial charge in [0.2, 0.25) is 0 Å². The van der Waals surface area contributed by atoms with Crippen LogP contribution in [0.4, 0.5) is 11.4 Å². The number of benzene rings is 2. The van der Waals surface area contributed by atoms with Gasteiger partial charge in [-0.1, -0.05) is 0 Å². The van der Waals surface area contributed by atoms with E-state index in [9.17, 15) is 14.7 Å². The van der Waals surface area contributed by atoms with E-state index >= 15 is 0 Å². The lowest BCUT2D eigenvalue weighted by Gasteiger charge is -2.09. The Hall–Kier alpha value is -3.33. The summed E-state index contributed by atoms with van der Waals surface area (Å²) < 4.78 is 0. The van der Waals surface area contributed by atoms with Crippen molar-refractivity contribution in [3.05, 3.63) is 53.6 Å². The van der Waals surface area contributed by atoms with Gasteiger partial charge in [-0.3, -0.25) is 9.59 Å². The number of nitrogens with one attached hydrogen (secondary N) is 2. The Balaban J connectivity index is 2.02. The molecule has 0 aromatic heterocycles. The molecule has 0 atom stereocenters. The molecule has 0 radical (unpaired) electrons. The van der Waals surface area contributed by atoms with Gasteiger partial charge in [-0.2, -0.15) is 5.26 Å². The van der Waals surface area contributed by atoms with Crippen LogP contribution in [0.25, 0.3) is 0 Å². The molecule has 0 heterocycles. The van der Waals surface area contributed by atoms with Crippen molar-refractivity contribution in [1.82, 2.24) is 0 Å². The fourth-order valence-corrected chi connectivity index (χ4v) is 1.78. The second kappa shape index (κ2) is 6.41. The third-order valence-corrected chi connectivity index (χ3v) is 2.94. The highest BCUT2D eigenvalue weighted by atomic mass is 16.3. The zero-order valence-corrected chi connectivity index (χ0v) is 11.8. The summed E-state index contributed by atoms with van der Waals surface area (Å²) in [4.78, 5) is 23.7. The summed E-state index contributed by atoms with van der Waals surface area (Å²) in [5.74, 6) is -1.56. The number of carbonyl (C=O) groups is 2. The lowest BCUT2D eigenvalue weighted by atomic mass is 10.2. The Morgan fingerprint density at radius 3 is 2.27 bits per heavy atom. The van der Waals surface area contributed by atoms with Crippen LogP contribution in [0.3, 0.4) is 0 Å². The lowest BCUT2D eigenvalue weighted by molar-refractivity contribution is -0.133. The summed E-state index contributed by atoms with van der Waals surface area (Å²) in [6.45, 7) is 1.70. The number of aromatic hydroxyl groups is 1. The second-order valence-electron chi connectivity index (χ2n) is 4.60. The van der Waals surface area contributed by atoms with Gasteiger partial charge in [0.1, 0.15) is 5.75 Å². The molecule has 0 saturated heterocycles. The summed E-state index contributed by atoms with van der Waals surface area (Å²) in [6, 6.07) is 12.5. The van der Waals surface area contributed by atoms with Crippen molar-refractivity contribution in [3.8, 4) is 11.8 Å². The molecule has 0 unspecified atom stereocenters. The van der Waals surface area contributed by atoms with Crippen LogP contribution >= 0.6 is 0 Å². The van der Waals surface area contributed by atoms with Crippen LogP contribution in [0.2, 0.25) is 0 Å². The number of aryl methyl sites for hydroxylation is 1. The van der Waals surface area contributed by atoms with Crippen molar-refractivity contribution < 1.29 is 14.7 Å². The number of phenols is 1. The molecule has 0 bridgehead atoms. The van der Waals surface area contributed by atoms with Crippen LogP contribution < -0.4 is 10.6 Å². The van der Waals surface area contributed by atoms with E-state index in [-0.39, 0.29) is 5.75 Å². The molecular formula is C16H13N3O3. The van der Waals surface area contributed by atoms with Gasteiger partial charge < -0.3 is 15.7 Å². The Morgan fingerprint density at radius 2 is 1.68 bits per heavy atom. The van der Waals surface area contributed by atoms with Crippen molar-refractivity contribution >= 4 is 23.2 Å². The van der Waals surface area contributed by atoms with E-state index in [1.165, 1.54) is 42.5 Å². The van der Waals surface area contributed by atoms with E-state index in [4.69, 9.17) is 5.26 Å². The van der Waals surface area contributed by atoms with Crippen LogP contribution in [0.5, 0.6) is 5.75 Å². The fraction of sp³-hybridized carbons (Fsp3) is 0.0625. The maximum atomic E-state index is 11.8. The number of nitrogens with zero attached hydrogens (tertiary/aromatic N) is 1. The minimum atomic E-state index is -0.822. The smallest absolute Gasteiger partial charge is 0.314 e. The normalized spacial score (nSPS) is 9.64. The highest BCUT2D eigenvalue weighted by Gasteiger charge is 2.15. The van der Waals surface area contributed by atoms with E-state index in [2.05, 4.69) is 10.6 Å². The Morgan fingerprint density at radius 1 is 1.05 bits per heavy atom. The summed E-state index contributed by atoms with van der Waals surface area (Å²) in [5.41, 5.74) is 1.96. The average Bonchev–Trinajstić information content (AvgIpc) is 2.50.